The van der Waals surface area contributed by atoms with Crippen molar-refractivity contribution < 1.29 is 13.6 Å². The maximum Gasteiger partial charge on any atom is 0.189 e. The normalized spacial score (nSPS) is 15.4. The zero-order valence-electron chi connectivity index (χ0n) is 8.54. The molecule has 1 aliphatic rings. The first-order valence-corrected chi connectivity index (χ1v) is 5.02. The summed E-state index contributed by atoms with van der Waals surface area (Å²) in [7, 11) is 0. The van der Waals surface area contributed by atoms with Crippen LogP contribution in [0.3, 0.4) is 0 Å². The molecule has 0 aliphatic heterocycles. The molecule has 0 radical (unpaired) electrons. The minimum Gasteiger partial charge on any atom is -0.289 e. The number of benzene rings is 1. The van der Waals surface area contributed by atoms with Gasteiger partial charge in [0.2, 0.25) is 0 Å². The van der Waals surface area contributed by atoms with Gasteiger partial charge in [0.05, 0.1) is 0 Å². The molecule has 82 valence electrons. The second-order valence-corrected chi connectivity index (χ2v) is 3.64. The van der Waals surface area contributed by atoms with E-state index in [0.717, 1.165) is 0 Å². The average Bonchev–Trinajstić information content (AvgIpc) is 2.30. The maximum atomic E-state index is 12.7. The zero-order valence-corrected chi connectivity index (χ0v) is 8.54. The Bertz CT molecular complexity index is 469. The molecule has 1 nitrogen and oxygen atoms in total. The summed E-state index contributed by atoms with van der Waals surface area (Å²) >= 11 is 0. The third-order valence-electron chi connectivity index (χ3n) is 2.50. The fourth-order valence-electron chi connectivity index (χ4n) is 1.59. The first-order chi connectivity index (χ1) is 7.66. The highest BCUT2D eigenvalue weighted by Crippen LogP contribution is 2.22. The van der Waals surface area contributed by atoms with Crippen molar-refractivity contribution in [3.63, 3.8) is 0 Å². The number of carbonyl (C=O) groups is 1. The van der Waals surface area contributed by atoms with Crippen molar-refractivity contribution in [3.05, 3.63) is 59.2 Å². The molecule has 0 amide bonds. The molecule has 2 rings (SSSR count). The van der Waals surface area contributed by atoms with E-state index in [9.17, 15) is 13.6 Å². The van der Waals surface area contributed by atoms with Gasteiger partial charge in [-0.15, -0.1) is 0 Å². The minimum atomic E-state index is -0.375. The Morgan fingerprint density at radius 1 is 1.00 bits per heavy atom. The van der Waals surface area contributed by atoms with Crippen LogP contribution in [0, 0.1) is 5.82 Å². The van der Waals surface area contributed by atoms with Crippen LogP contribution in [0.1, 0.15) is 23.2 Å². The van der Waals surface area contributed by atoms with Crippen molar-refractivity contribution >= 4 is 5.78 Å². The van der Waals surface area contributed by atoms with Gasteiger partial charge < -0.3 is 0 Å². The molecule has 0 atom stereocenters. The second kappa shape index (κ2) is 4.39. The van der Waals surface area contributed by atoms with Crippen LogP contribution in [0.2, 0.25) is 0 Å². The third kappa shape index (κ3) is 2.24. The van der Waals surface area contributed by atoms with E-state index in [1.807, 2.05) is 0 Å². The van der Waals surface area contributed by atoms with Gasteiger partial charge in [0.15, 0.2) is 5.78 Å². The summed E-state index contributed by atoms with van der Waals surface area (Å²) in [5, 5.41) is 0. The number of ketones is 1. The monoisotopic (exact) mass is 220 g/mol. The Hall–Kier alpha value is -1.77. The number of hydrogen-bond acceptors (Lipinski definition) is 1. The van der Waals surface area contributed by atoms with Crippen molar-refractivity contribution in [1.82, 2.24) is 0 Å². The van der Waals surface area contributed by atoms with Crippen molar-refractivity contribution in [3.8, 4) is 0 Å². The van der Waals surface area contributed by atoms with Gasteiger partial charge in [-0.25, -0.2) is 8.78 Å². The molecule has 0 N–H and O–H groups in total. The highest BCUT2D eigenvalue weighted by molar-refractivity contribution is 6.08. The van der Waals surface area contributed by atoms with Crippen LogP contribution >= 0.6 is 0 Å². The molecule has 0 saturated heterocycles. The maximum absolute atomic E-state index is 12.7. The lowest BCUT2D eigenvalue weighted by atomic mass is 9.96. The molecule has 1 aliphatic carbocycles. The van der Waals surface area contributed by atoms with E-state index < -0.39 is 0 Å². The SMILES string of the molecule is O=C(C1=CC=C(F)CC1)c1ccc(F)cc1. The summed E-state index contributed by atoms with van der Waals surface area (Å²) in [5.41, 5.74) is 0.997. The van der Waals surface area contributed by atoms with Gasteiger partial charge in [-0.1, -0.05) is 6.08 Å². The van der Waals surface area contributed by atoms with Crippen LogP contribution in [0.15, 0.2) is 47.8 Å². The van der Waals surface area contributed by atoms with Gasteiger partial charge in [0.1, 0.15) is 11.6 Å². The lowest BCUT2D eigenvalue weighted by molar-refractivity contribution is 0.103. The van der Waals surface area contributed by atoms with Crippen LogP contribution in [0.4, 0.5) is 8.78 Å². The fraction of sp³-hybridized carbons (Fsp3) is 0.154. The molecule has 1 aromatic rings. The first-order valence-electron chi connectivity index (χ1n) is 5.02. The Kier molecular flexibility index (Phi) is 2.95. The number of rotatable bonds is 2. The quantitative estimate of drug-likeness (QED) is 0.696. The van der Waals surface area contributed by atoms with E-state index in [1.165, 1.54) is 36.4 Å². The van der Waals surface area contributed by atoms with E-state index in [2.05, 4.69) is 0 Å². The molecule has 3 heteroatoms. The Balaban J connectivity index is 2.23. The summed E-state index contributed by atoms with van der Waals surface area (Å²) in [5.74, 6) is -0.750. The largest absolute Gasteiger partial charge is 0.289 e. The lowest BCUT2D eigenvalue weighted by Crippen LogP contribution is -2.05. The van der Waals surface area contributed by atoms with Gasteiger partial charge in [-0.05, 0) is 36.8 Å². The van der Waals surface area contributed by atoms with Crippen molar-refractivity contribution in [2.24, 2.45) is 0 Å². The predicted molar refractivity (Wildman–Crippen MR) is 57.2 cm³/mol. The standard InChI is InChI=1S/C13H10F2O/c14-11-5-1-9(2-6-11)13(16)10-3-7-12(15)8-4-10/h1-3,5-7H,4,8H2. The summed E-state index contributed by atoms with van der Waals surface area (Å²) in [6, 6.07) is 5.36. The van der Waals surface area contributed by atoms with Crippen LogP contribution < -0.4 is 0 Å². The number of Topliss-reactive ketones (excluding diaryl/α,β-unsaturated/α-hetero) is 1. The van der Waals surface area contributed by atoms with Crippen LogP contribution in [-0.4, -0.2) is 5.78 Å². The van der Waals surface area contributed by atoms with E-state index in [0.29, 0.717) is 17.6 Å². The van der Waals surface area contributed by atoms with Gasteiger partial charge in [-0.2, -0.15) is 0 Å². The molecular weight excluding hydrogens is 210 g/mol. The summed E-state index contributed by atoms with van der Waals surface area (Å²) in [6.45, 7) is 0. The number of allylic oxidation sites excluding steroid dienone is 4. The molecule has 0 unspecified atom stereocenters. The molecule has 0 spiro atoms. The summed E-state index contributed by atoms with van der Waals surface area (Å²) in [4.78, 5) is 11.9. The Labute approximate surface area is 92.1 Å². The zero-order chi connectivity index (χ0) is 11.5. The van der Waals surface area contributed by atoms with E-state index in [4.69, 9.17) is 0 Å². The number of halogens is 2. The van der Waals surface area contributed by atoms with Gasteiger partial charge in [0.25, 0.3) is 0 Å². The van der Waals surface area contributed by atoms with Crippen LogP contribution in [0.5, 0.6) is 0 Å². The minimum absolute atomic E-state index is 0.163. The first kappa shape index (κ1) is 10.7. The van der Waals surface area contributed by atoms with Crippen LogP contribution in [0.25, 0.3) is 0 Å². The number of carbonyl (C=O) groups excluding carboxylic acids is 1. The van der Waals surface area contributed by atoms with Gasteiger partial charge >= 0.3 is 0 Å². The molecule has 0 fully saturated rings. The third-order valence-corrected chi connectivity index (χ3v) is 2.50. The van der Waals surface area contributed by atoms with E-state index in [-0.39, 0.29) is 23.8 Å². The highest BCUT2D eigenvalue weighted by Gasteiger charge is 2.15. The Morgan fingerprint density at radius 3 is 2.25 bits per heavy atom. The average molecular weight is 220 g/mol. The summed E-state index contributed by atoms with van der Waals surface area (Å²) in [6.07, 6.45) is 3.46. The lowest BCUT2D eigenvalue weighted by Gasteiger charge is -2.09. The predicted octanol–water partition coefficient (Wildman–Crippen LogP) is 3.58. The molecule has 16 heavy (non-hydrogen) atoms. The highest BCUT2D eigenvalue weighted by atomic mass is 19.1. The molecule has 1 aromatic carbocycles. The van der Waals surface area contributed by atoms with Crippen molar-refractivity contribution in [2.75, 3.05) is 0 Å². The van der Waals surface area contributed by atoms with Gasteiger partial charge in [-0.3, -0.25) is 4.79 Å². The van der Waals surface area contributed by atoms with Crippen molar-refractivity contribution in [1.29, 1.82) is 0 Å². The molecule has 0 saturated carbocycles. The summed E-state index contributed by atoms with van der Waals surface area (Å²) < 4.78 is 25.4. The van der Waals surface area contributed by atoms with E-state index in [1.54, 1.807) is 0 Å². The smallest absolute Gasteiger partial charge is 0.189 e. The Morgan fingerprint density at radius 2 is 1.69 bits per heavy atom. The molecule has 0 bridgehead atoms. The number of hydrogen-bond donors (Lipinski definition) is 0. The van der Waals surface area contributed by atoms with E-state index >= 15 is 0 Å². The van der Waals surface area contributed by atoms with Gasteiger partial charge in [0, 0.05) is 17.6 Å². The molecule has 0 aromatic heterocycles. The fourth-order valence-corrected chi connectivity index (χ4v) is 1.59. The second-order valence-electron chi connectivity index (χ2n) is 3.64. The topological polar surface area (TPSA) is 17.1 Å². The molecule has 0 heterocycles. The van der Waals surface area contributed by atoms with Crippen LogP contribution in [-0.2, 0) is 0 Å². The van der Waals surface area contributed by atoms with Crippen molar-refractivity contribution in [2.45, 2.75) is 12.8 Å². The molecular formula is C13H10F2O.